The van der Waals surface area contributed by atoms with E-state index in [4.69, 9.17) is 15.1 Å². The molecule has 0 spiro atoms. The van der Waals surface area contributed by atoms with Gasteiger partial charge in [-0.2, -0.15) is 5.26 Å². The minimum absolute atomic E-state index is 0. The van der Waals surface area contributed by atoms with Crippen LogP contribution in [0.5, 0.6) is 0 Å². The average Bonchev–Trinajstić information content (AvgIpc) is 3.37. The summed E-state index contributed by atoms with van der Waals surface area (Å²) in [5.74, 6) is -2.89. The van der Waals surface area contributed by atoms with Crippen LogP contribution in [-0.2, 0) is 19.1 Å². The molecule has 4 atom stereocenters. The summed E-state index contributed by atoms with van der Waals surface area (Å²) < 4.78 is 14.0. The molecule has 1 amide bonds. The van der Waals surface area contributed by atoms with Crippen LogP contribution < -0.4 is 56.7 Å². The van der Waals surface area contributed by atoms with Crippen LogP contribution in [-0.4, -0.2) is 36.1 Å². The molecule has 1 aromatic heterocycles. The van der Waals surface area contributed by atoms with E-state index in [0.29, 0.717) is 24.8 Å². The number of carbonyl (C=O) groups excluding carboxylic acids is 2. The van der Waals surface area contributed by atoms with Gasteiger partial charge in [0.05, 0.1) is 18.6 Å². The van der Waals surface area contributed by atoms with Crippen LogP contribution in [0.4, 0.5) is 0 Å². The zero-order valence-electron chi connectivity index (χ0n) is 18.6. The summed E-state index contributed by atoms with van der Waals surface area (Å²) in [6, 6.07) is 2.11. The van der Waals surface area contributed by atoms with Crippen LogP contribution >= 0.6 is 0 Å². The van der Waals surface area contributed by atoms with Crippen molar-refractivity contribution >= 4 is 17.8 Å². The van der Waals surface area contributed by atoms with E-state index in [-0.39, 0.29) is 75.8 Å². The number of carboxylic acids is 1. The van der Waals surface area contributed by atoms with Crippen LogP contribution in [0.3, 0.4) is 0 Å². The molecule has 0 radical (unpaired) electrons. The number of hydrogen-bond acceptors (Lipinski definition) is 7. The molecule has 0 aliphatic carbocycles. The van der Waals surface area contributed by atoms with Gasteiger partial charge in [0.2, 0.25) is 5.91 Å². The van der Waals surface area contributed by atoms with Crippen LogP contribution in [0.15, 0.2) is 9.15 Å². The number of esters is 1. The Morgan fingerprint density at radius 2 is 1.90 bits per heavy atom. The summed E-state index contributed by atoms with van der Waals surface area (Å²) in [4.78, 5) is 33.5. The average molecular weight is 451 g/mol. The Labute approximate surface area is 219 Å². The number of carbonyl (C=O) groups is 3. The van der Waals surface area contributed by atoms with Gasteiger partial charge >= 0.3 is 57.4 Å². The Balaban J connectivity index is 0.000000553. The topological polar surface area (TPSA) is 143 Å². The largest absolute Gasteiger partial charge is 1.00 e. The van der Waals surface area contributed by atoms with Crippen molar-refractivity contribution in [1.29, 1.82) is 5.26 Å². The second-order valence-corrected chi connectivity index (χ2v) is 8.03. The Kier molecular flexibility index (Phi) is 13.7. The van der Waals surface area contributed by atoms with Crippen molar-refractivity contribution in [2.45, 2.75) is 53.4 Å². The molecule has 1 aliphatic heterocycles. The van der Waals surface area contributed by atoms with Crippen LogP contribution in [0.25, 0.3) is 0 Å². The van der Waals surface area contributed by atoms with Gasteiger partial charge in [-0.25, -0.2) is 0 Å². The number of nitrogens with one attached hydrogen (secondary N) is 1. The molecule has 2 rings (SSSR count). The van der Waals surface area contributed by atoms with Gasteiger partial charge in [-0.05, 0) is 37.5 Å². The number of nitriles is 1. The van der Waals surface area contributed by atoms with Crippen molar-refractivity contribution in [1.82, 2.24) is 5.32 Å². The predicted octanol–water partition coefficient (Wildman–Crippen LogP) is -0.0926. The minimum atomic E-state index is -0.999. The molecule has 164 valence electrons. The number of carboxylic acid groups (broad SMARTS) is 1. The fourth-order valence-electron chi connectivity index (χ4n) is 3.37. The van der Waals surface area contributed by atoms with E-state index in [2.05, 4.69) is 20.5 Å². The quantitative estimate of drug-likeness (QED) is 0.175. The van der Waals surface area contributed by atoms with Crippen LogP contribution in [0, 0.1) is 40.9 Å². The van der Waals surface area contributed by atoms with E-state index in [1.807, 2.05) is 27.7 Å². The number of amides is 1. The van der Waals surface area contributed by atoms with Crippen molar-refractivity contribution in [3.8, 4) is 6.07 Å². The number of hydrogen-bond donors (Lipinski definition) is 2. The van der Waals surface area contributed by atoms with E-state index < -0.39 is 29.7 Å². The van der Waals surface area contributed by atoms with Gasteiger partial charge in [-0.15, -0.1) is 0 Å². The van der Waals surface area contributed by atoms with E-state index in [1.165, 1.54) is 0 Å². The smallest absolute Gasteiger partial charge is 0.481 e. The molecule has 2 unspecified atom stereocenters. The summed E-state index contributed by atoms with van der Waals surface area (Å²) >= 11 is 0. The summed E-state index contributed by atoms with van der Waals surface area (Å²) in [5.41, 5.74) is 0. The van der Waals surface area contributed by atoms with E-state index in [0.717, 1.165) is 6.42 Å². The molecule has 0 saturated carbocycles. The Bertz CT molecular complexity index is 690. The molecule has 9 nitrogen and oxygen atoms in total. The van der Waals surface area contributed by atoms with Crippen molar-refractivity contribution in [3.05, 3.63) is 5.96 Å². The van der Waals surface area contributed by atoms with Crippen molar-refractivity contribution in [2.75, 3.05) is 13.2 Å². The minimum Gasteiger partial charge on any atom is -0.481 e. The van der Waals surface area contributed by atoms with Crippen molar-refractivity contribution < 1.29 is 84.8 Å². The van der Waals surface area contributed by atoms with Crippen molar-refractivity contribution in [2.24, 2.45) is 29.6 Å². The fourth-order valence-corrected chi connectivity index (χ4v) is 3.37. The third kappa shape index (κ3) is 9.43. The summed E-state index contributed by atoms with van der Waals surface area (Å²) in [5, 5.41) is 20.4. The second kappa shape index (κ2) is 14.1. The van der Waals surface area contributed by atoms with Gasteiger partial charge in [0.25, 0.3) is 5.97 Å². The van der Waals surface area contributed by atoms with E-state index >= 15 is 0 Å². The van der Waals surface area contributed by atoms with Gasteiger partial charge in [0, 0.05) is 18.4 Å². The third-order valence-corrected chi connectivity index (χ3v) is 4.60. The third-order valence-electron chi connectivity index (χ3n) is 4.60. The number of aliphatic carboxylic acids is 1. The normalized spacial score (nSPS) is 19.9. The first-order valence-corrected chi connectivity index (χ1v) is 9.90. The monoisotopic (exact) mass is 450 g/mol. The zero-order valence-corrected chi connectivity index (χ0v) is 21.8. The maximum atomic E-state index is 11.7. The maximum Gasteiger partial charge on any atom is 1.00 e. The van der Waals surface area contributed by atoms with Gasteiger partial charge in [-0.3, -0.25) is 14.4 Å². The Morgan fingerprint density at radius 3 is 2.30 bits per heavy atom. The molecular formula is C20H31KN2O7. The molecule has 1 aliphatic rings. The molecule has 30 heavy (non-hydrogen) atoms. The standard InChI is InChI=1S/C11H16NO4.C9H15NO3.K/c1-4-14-10(13)9(11-15-16-11)8(6-12)5-7(2)3;1-5(2)3-6-4-10-8(11)7(6)9(12)13;/h7-9H,4-5H2,1-3H3;5-7H,3-4H2,1-2H3,(H,10,11)(H,12,13);/q-1;;+1/t8-,9?;6-,7?;/m11./s1. The molecular weight excluding hydrogens is 419 g/mol. The van der Waals surface area contributed by atoms with E-state index in [9.17, 15) is 14.4 Å². The Morgan fingerprint density at radius 1 is 1.30 bits per heavy atom. The Hall–Kier alpha value is -0.994. The maximum absolute atomic E-state index is 11.7. The van der Waals surface area contributed by atoms with Gasteiger partial charge in [0.1, 0.15) is 5.92 Å². The molecule has 0 aromatic carbocycles. The summed E-state index contributed by atoms with van der Waals surface area (Å²) in [6.45, 7) is 10.6. The summed E-state index contributed by atoms with van der Waals surface area (Å²) in [6.07, 6.45) is 1.39. The SMILES string of the molecule is CC(C)C[C@@H]1CNC(=O)C1C(=O)O.CCOC(=O)C([c-]1oo1)[C@@H](C#N)CC(C)C.[K+]. The summed E-state index contributed by atoms with van der Waals surface area (Å²) in [7, 11) is 0. The molecule has 2 N–H and O–H groups in total. The van der Waals surface area contributed by atoms with Gasteiger partial charge in [0.15, 0.2) is 0 Å². The second-order valence-electron chi connectivity index (χ2n) is 8.03. The number of rotatable bonds is 9. The first kappa shape index (κ1) is 29.0. The van der Waals surface area contributed by atoms with Gasteiger partial charge < -0.3 is 24.3 Å². The van der Waals surface area contributed by atoms with Crippen molar-refractivity contribution in [3.63, 3.8) is 0 Å². The molecule has 1 saturated heterocycles. The van der Waals surface area contributed by atoms with Gasteiger partial charge in [-0.1, -0.05) is 27.7 Å². The van der Waals surface area contributed by atoms with E-state index in [1.54, 1.807) is 6.92 Å². The zero-order chi connectivity index (χ0) is 22.1. The van der Waals surface area contributed by atoms with Crippen LogP contribution in [0.2, 0.25) is 0 Å². The fraction of sp³-hybridized carbons (Fsp3) is 0.750. The molecule has 10 heteroatoms. The van der Waals surface area contributed by atoms with Crippen LogP contribution in [0.1, 0.15) is 59.3 Å². The molecule has 1 aromatic rings. The number of ether oxygens (including phenoxy) is 1. The molecule has 1 fully saturated rings. The first-order chi connectivity index (χ1) is 13.6. The first-order valence-electron chi connectivity index (χ1n) is 9.90. The molecule has 2 heterocycles. The number of nitrogens with zero attached hydrogens (tertiary/aromatic N) is 1. The molecule has 0 bridgehead atoms. The predicted molar refractivity (Wildman–Crippen MR) is 102 cm³/mol.